The lowest BCUT2D eigenvalue weighted by atomic mass is 9.84. The van der Waals surface area contributed by atoms with Gasteiger partial charge in [-0.1, -0.05) is 19.3 Å². The van der Waals surface area contributed by atoms with Crippen LogP contribution in [0.3, 0.4) is 0 Å². The van der Waals surface area contributed by atoms with Crippen LogP contribution in [-0.4, -0.2) is 23.5 Å². The highest BCUT2D eigenvalue weighted by atomic mass is 16.3. The molecular weight excluding hydrogens is 278 g/mol. The van der Waals surface area contributed by atoms with Crippen molar-refractivity contribution in [2.24, 2.45) is 11.7 Å². The van der Waals surface area contributed by atoms with Crippen molar-refractivity contribution < 1.29 is 9.21 Å². The van der Waals surface area contributed by atoms with Gasteiger partial charge < -0.3 is 15.5 Å². The first-order valence-corrected chi connectivity index (χ1v) is 8.05. The monoisotopic (exact) mass is 301 g/mol. The van der Waals surface area contributed by atoms with Gasteiger partial charge in [0.15, 0.2) is 11.3 Å². The Balaban J connectivity index is 1.73. The highest BCUT2D eigenvalue weighted by Gasteiger charge is 2.25. The molecule has 1 fully saturated rings. The van der Waals surface area contributed by atoms with E-state index in [9.17, 15) is 4.79 Å². The maximum Gasteiger partial charge on any atom is 0.287 e. The Kier molecular flexibility index (Phi) is 4.43. The van der Waals surface area contributed by atoms with Crippen molar-refractivity contribution in [2.75, 3.05) is 6.54 Å². The molecule has 0 aromatic carbocycles. The topological polar surface area (TPSA) is 81.2 Å². The lowest BCUT2D eigenvalue weighted by molar-refractivity contribution is 0.0889. The molecule has 22 heavy (non-hydrogen) atoms. The van der Waals surface area contributed by atoms with Gasteiger partial charge in [0.2, 0.25) is 0 Å². The zero-order valence-electron chi connectivity index (χ0n) is 13.0. The van der Waals surface area contributed by atoms with Crippen LogP contribution in [0.5, 0.6) is 0 Å². The molecule has 0 saturated heterocycles. The number of aryl methyl sites for hydroxylation is 1. The van der Waals surface area contributed by atoms with E-state index in [2.05, 4.69) is 10.3 Å². The molecule has 118 valence electrons. The van der Waals surface area contributed by atoms with Crippen LogP contribution in [0.15, 0.2) is 22.6 Å². The molecule has 0 bridgehead atoms. The molecule has 2 aromatic rings. The summed E-state index contributed by atoms with van der Waals surface area (Å²) in [5, 5.41) is 3.04. The van der Waals surface area contributed by atoms with E-state index in [-0.39, 0.29) is 11.9 Å². The summed E-state index contributed by atoms with van der Waals surface area (Å²) in [4.78, 5) is 16.8. The second kappa shape index (κ2) is 6.48. The molecule has 3 N–H and O–H groups in total. The molecule has 0 radical (unpaired) electrons. The number of nitrogens with two attached hydrogens (primary N) is 1. The van der Waals surface area contributed by atoms with Crippen molar-refractivity contribution in [1.82, 2.24) is 10.3 Å². The molecule has 1 amide bonds. The van der Waals surface area contributed by atoms with Crippen LogP contribution in [0.2, 0.25) is 0 Å². The Labute approximate surface area is 130 Å². The summed E-state index contributed by atoms with van der Waals surface area (Å²) in [5.41, 5.74) is 8.12. The molecular formula is C17H23N3O2. The van der Waals surface area contributed by atoms with Crippen LogP contribution in [0.1, 0.15) is 48.4 Å². The number of aromatic nitrogens is 1. The molecule has 0 aliphatic heterocycles. The van der Waals surface area contributed by atoms with Gasteiger partial charge in [0.25, 0.3) is 5.91 Å². The fourth-order valence-corrected chi connectivity index (χ4v) is 3.28. The maximum atomic E-state index is 12.4. The van der Waals surface area contributed by atoms with E-state index in [0.29, 0.717) is 29.3 Å². The molecule has 3 rings (SSSR count). The van der Waals surface area contributed by atoms with Crippen LogP contribution in [0.25, 0.3) is 11.1 Å². The van der Waals surface area contributed by atoms with Gasteiger partial charge in [-0.2, -0.15) is 0 Å². The van der Waals surface area contributed by atoms with Crippen LogP contribution < -0.4 is 11.1 Å². The zero-order chi connectivity index (χ0) is 15.5. The van der Waals surface area contributed by atoms with Gasteiger partial charge in [-0.05, 0) is 37.8 Å². The fraction of sp³-hybridized carbons (Fsp3) is 0.529. The highest BCUT2D eigenvalue weighted by molar-refractivity contribution is 5.95. The average Bonchev–Trinajstić information content (AvgIpc) is 2.96. The van der Waals surface area contributed by atoms with Crippen molar-refractivity contribution in [1.29, 1.82) is 0 Å². The number of pyridine rings is 1. The number of rotatable bonds is 4. The smallest absolute Gasteiger partial charge is 0.287 e. The maximum absolute atomic E-state index is 12.4. The molecule has 1 aliphatic carbocycles. The molecule has 0 spiro atoms. The second-order valence-electron chi connectivity index (χ2n) is 6.16. The van der Waals surface area contributed by atoms with Gasteiger partial charge >= 0.3 is 0 Å². The van der Waals surface area contributed by atoms with Gasteiger partial charge in [0.05, 0.1) is 0 Å². The third-order valence-electron chi connectivity index (χ3n) is 4.53. The summed E-state index contributed by atoms with van der Waals surface area (Å²) in [6, 6.07) is 5.44. The summed E-state index contributed by atoms with van der Waals surface area (Å²) >= 11 is 0. The normalized spacial score (nSPS) is 17.5. The van der Waals surface area contributed by atoms with Gasteiger partial charge in [0, 0.05) is 24.3 Å². The lowest BCUT2D eigenvalue weighted by Gasteiger charge is -2.29. The van der Waals surface area contributed by atoms with E-state index in [0.717, 1.165) is 18.5 Å². The van der Waals surface area contributed by atoms with Crippen LogP contribution in [-0.2, 0) is 0 Å². The molecule has 2 aromatic heterocycles. The lowest BCUT2D eigenvalue weighted by Crippen LogP contribution is -2.45. The van der Waals surface area contributed by atoms with Crippen molar-refractivity contribution >= 4 is 17.0 Å². The van der Waals surface area contributed by atoms with Gasteiger partial charge in [-0.25, -0.2) is 4.98 Å². The first-order chi connectivity index (χ1) is 10.7. The largest absolute Gasteiger partial charge is 0.449 e. The summed E-state index contributed by atoms with van der Waals surface area (Å²) < 4.78 is 5.60. The first-order valence-electron chi connectivity index (χ1n) is 8.05. The van der Waals surface area contributed by atoms with Gasteiger partial charge in [-0.15, -0.1) is 0 Å². The molecule has 5 nitrogen and oxygen atoms in total. The Morgan fingerprint density at radius 3 is 2.91 bits per heavy atom. The predicted octanol–water partition coefficient (Wildman–Crippen LogP) is 2.77. The highest BCUT2D eigenvalue weighted by Crippen LogP contribution is 2.26. The number of nitrogens with zero attached hydrogens (tertiary/aromatic N) is 1. The Hall–Kier alpha value is -1.88. The number of hydrogen-bond acceptors (Lipinski definition) is 4. The molecule has 1 atom stereocenters. The number of hydrogen-bond donors (Lipinski definition) is 2. The Morgan fingerprint density at radius 2 is 2.18 bits per heavy atom. The van der Waals surface area contributed by atoms with E-state index in [1.807, 2.05) is 19.1 Å². The van der Waals surface area contributed by atoms with E-state index < -0.39 is 0 Å². The predicted molar refractivity (Wildman–Crippen MR) is 85.6 cm³/mol. The Morgan fingerprint density at radius 1 is 1.41 bits per heavy atom. The fourth-order valence-electron chi connectivity index (χ4n) is 3.28. The quantitative estimate of drug-likeness (QED) is 0.910. The molecule has 1 aliphatic rings. The number of carbonyl (C=O) groups excluding carboxylic acids is 1. The number of carbonyl (C=O) groups is 1. The van der Waals surface area contributed by atoms with E-state index in [1.165, 1.54) is 19.3 Å². The molecule has 2 heterocycles. The van der Waals surface area contributed by atoms with Crippen molar-refractivity contribution in [2.45, 2.75) is 45.1 Å². The van der Waals surface area contributed by atoms with Gasteiger partial charge in [-0.3, -0.25) is 4.79 Å². The van der Waals surface area contributed by atoms with Crippen LogP contribution >= 0.6 is 0 Å². The minimum absolute atomic E-state index is 0.0238. The summed E-state index contributed by atoms with van der Waals surface area (Å²) in [7, 11) is 0. The van der Waals surface area contributed by atoms with E-state index >= 15 is 0 Å². The average molecular weight is 301 g/mol. The molecule has 1 saturated carbocycles. The third-order valence-corrected chi connectivity index (χ3v) is 4.53. The van der Waals surface area contributed by atoms with Crippen LogP contribution in [0.4, 0.5) is 0 Å². The molecule has 5 heteroatoms. The van der Waals surface area contributed by atoms with Crippen molar-refractivity contribution in [3.63, 3.8) is 0 Å². The molecule has 1 unspecified atom stereocenters. The number of nitrogens with one attached hydrogen (secondary N) is 1. The van der Waals surface area contributed by atoms with Gasteiger partial charge in [0.1, 0.15) is 5.52 Å². The summed E-state index contributed by atoms with van der Waals surface area (Å²) in [5.74, 6) is 0.589. The minimum Gasteiger partial charge on any atom is -0.449 e. The van der Waals surface area contributed by atoms with E-state index in [4.69, 9.17) is 10.2 Å². The summed E-state index contributed by atoms with van der Waals surface area (Å²) in [6.07, 6.45) is 6.03. The van der Waals surface area contributed by atoms with Crippen molar-refractivity contribution in [3.8, 4) is 0 Å². The van der Waals surface area contributed by atoms with Crippen molar-refractivity contribution in [3.05, 3.63) is 29.7 Å². The number of amides is 1. The SMILES string of the molecule is Cc1ccc2oc(C(=O)NC(CN)C3CCCCC3)cc2n1. The van der Waals surface area contributed by atoms with Crippen LogP contribution in [0, 0.1) is 12.8 Å². The zero-order valence-corrected chi connectivity index (χ0v) is 13.0. The minimum atomic E-state index is -0.198. The first kappa shape index (κ1) is 15.0. The number of fused-ring (bicyclic) bond motifs is 1. The number of furan rings is 1. The second-order valence-corrected chi connectivity index (χ2v) is 6.16. The Bertz CT molecular complexity index is 659. The third kappa shape index (κ3) is 3.14. The van der Waals surface area contributed by atoms with E-state index in [1.54, 1.807) is 6.07 Å². The standard InChI is InChI=1S/C17H23N3O2/c1-11-7-8-15-13(19-11)9-16(22-15)17(21)20-14(10-18)12-5-3-2-4-6-12/h7-9,12,14H,2-6,10,18H2,1H3,(H,20,21). The summed E-state index contributed by atoms with van der Waals surface area (Å²) in [6.45, 7) is 2.38.